The summed E-state index contributed by atoms with van der Waals surface area (Å²) in [6.07, 6.45) is 2.10. The monoisotopic (exact) mass is 414 g/mol. The van der Waals surface area contributed by atoms with E-state index in [-0.39, 0.29) is 12.3 Å². The van der Waals surface area contributed by atoms with Crippen LogP contribution in [0.4, 0.5) is 5.13 Å². The minimum absolute atomic E-state index is 0.149. The maximum absolute atomic E-state index is 12.6. The highest BCUT2D eigenvalue weighted by molar-refractivity contribution is 7.98. The lowest BCUT2D eigenvalue weighted by Gasteiger charge is -2.09. The van der Waals surface area contributed by atoms with Crippen LogP contribution in [0.3, 0.4) is 0 Å². The molecule has 0 atom stereocenters. The third kappa shape index (κ3) is 3.40. The molecule has 1 aromatic carbocycles. The summed E-state index contributed by atoms with van der Waals surface area (Å²) in [5.74, 6) is 1.16. The van der Waals surface area contributed by atoms with Crippen molar-refractivity contribution >= 4 is 50.1 Å². The van der Waals surface area contributed by atoms with Gasteiger partial charge in [0.05, 0.1) is 23.7 Å². The number of hydrogen-bond acceptors (Lipinski definition) is 8. The zero-order valence-electron chi connectivity index (χ0n) is 15.8. The van der Waals surface area contributed by atoms with Gasteiger partial charge in [-0.3, -0.25) is 4.79 Å². The fraction of sp³-hybridized carbons (Fsp3) is 0.278. The summed E-state index contributed by atoms with van der Waals surface area (Å²) in [4.78, 5) is 26.0. The fourth-order valence-electron chi connectivity index (χ4n) is 2.94. The van der Waals surface area contributed by atoms with Crippen molar-refractivity contribution in [3.8, 4) is 5.75 Å². The van der Waals surface area contributed by atoms with Crippen LogP contribution in [0, 0.1) is 13.8 Å². The first kappa shape index (κ1) is 18.6. The molecule has 0 saturated carbocycles. The molecular weight excluding hydrogens is 396 g/mol. The van der Waals surface area contributed by atoms with Gasteiger partial charge in [-0.1, -0.05) is 23.1 Å². The average molecular weight is 415 g/mol. The first-order valence-electron chi connectivity index (χ1n) is 8.49. The molecule has 0 spiro atoms. The molecule has 3 aromatic heterocycles. The third-order valence-electron chi connectivity index (χ3n) is 4.39. The normalized spacial score (nSPS) is 11.3. The number of fused-ring (bicyclic) bond motifs is 2. The lowest BCUT2D eigenvalue weighted by atomic mass is 10.1. The number of thioether (sulfide) groups is 1. The van der Waals surface area contributed by atoms with Crippen molar-refractivity contribution in [2.24, 2.45) is 0 Å². The van der Waals surface area contributed by atoms with Crippen molar-refractivity contribution in [2.75, 3.05) is 18.7 Å². The van der Waals surface area contributed by atoms with Gasteiger partial charge in [0.25, 0.3) is 5.78 Å². The van der Waals surface area contributed by atoms with Crippen molar-refractivity contribution in [1.82, 2.24) is 24.6 Å². The van der Waals surface area contributed by atoms with Crippen molar-refractivity contribution in [3.05, 3.63) is 35.2 Å². The Hall–Kier alpha value is -2.72. The van der Waals surface area contributed by atoms with Crippen LogP contribution in [0.25, 0.3) is 16.0 Å². The number of nitrogens with zero attached hydrogens (tertiary/aromatic N) is 5. The standard InChI is InChI=1S/C18H18N6O2S2/c1-9-12(10(2)24-16(19-9)22-18(23-24)27-4)8-15(25)21-17-20-13-6-5-11(26-3)7-14(13)28-17/h5-7H,8H2,1-4H3,(H,20,21,25). The summed E-state index contributed by atoms with van der Waals surface area (Å²) >= 11 is 2.87. The predicted octanol–water partition coefficient (Wildman–Crippen LogP) is 3.26. The van der Waals surface area contributed by atoms with Gasteiger partial charge in [0.2, 0.25) is 11.1 Å². The van der Waals surface area contributed by atoms with Gasteiger partial charge in [-0.15, -0.1) is 5.10 Å². The van der Waals surface area contributed by atoms with Crippen LogP contribution in [0.15, 0.2) is 23.4 Å². The summed E-state index contributed by atoms with van der Waals surface area (Å²) in [7, 11) is 1.62. The number of benzene rings is 1. The summed E-state index contributed by atoms with van der Waals surface area (Å²) in [6, 6.07) is 5.63. The first-order chi connectivity index (χ1) is 13.5. The van der Waals surface area contributed by atoms with Crippen LogP contribution in [-0.2, 0) is 11.2 Å². The average Bonchev–Trinajstić information content (AvgIpc) is 3.27. The lowest BCUT2D eigenvalue weighted by molar-refractivity contribution is -0.115. The molecule has 0 aliphatic carbocycles. The van der Waals surface area contributed by atoms with Gasteiger partial charge >= 0.3 is 0 Å². The van der Waals surface area contributed by atoms with Crippen LogP contribution in [0.2, 0.25) is 0 Å². The summed E-state index contributed by atoms with van der Waals surface area (Å²) in [5, 5.41) is 8.52. The van der Waals surface area contributed by atoms with Crippen molar-refractivity contribution < 1.29 is 9.53 Å². The third-order valence-corrected chi connectivity index (χ3v) is 5.86. The van der Waals surface area contributed by atoms with Gasteiger partial charge in [0.1, 0.15) is 5.75 Å². The Morgan fingerprint density at radius 3 is 2.86 bits per heavy atom. The second-order valence-electron chi connectivity index (χ2n) is 6.15. The zero-order valence-corrected chi connectivity index (χ0v) is 17.4. The van der Waals surface area contributed by atoms with E-state index in [2.05, 4.69) is 25.4 Å². The van der Waals surface area contributed by atoms with E-state index in [9.17, 15) is 4.79 Å². The van der Waals surface area contributed by atoms with Gasteiger partial charge in [-0.25, -0.2) is 14.5 Å². The quantitative estimate of drug-likeness (QED) is 0.501. The molecule has 0 unspecified atom stereocenters. The fourth-order valence-corrected chi connectivity index (χ4v) is 4.19. The molecule has 0 aliphatic heterocycles. The largest absolute Gasteiger partial charge is 0.497 e. The molecular formula is C18H18N6O2S2. The Morgan fingerprint density at radius 2 is 2.11 bits per heavy atom. The lowest BCUT2D eigenvalue weighted by Crippen LogP contribution is -2.17. The number of thiazole rings is 1. The van der Waals surface area contributed by atoms with Crippen LogP contribution >= 0.6 is 23.1 Å². The second-order valence-corrected chi connectivity index (χ2v) is 7.95. The molecule has 1 amide bonds. The number of aromatic nitrogens is 5. The Kier molecular flexibility index (Phi) is 4.90. The van der Waals surface area contributed by atoms with E-state index in [1.807, 2.05) is 38.3 Å². The summed E-state index contributed by atoms with van der Waals surface area (Å²) in [5.41, 5.74) is 3.29. The van der Waals surface area contributed by atoms with E-state index in [1.54, 1.807) is 11.6 Å². The van der Waals surface area contributed by atoms with Gasteiger partial charge in [0, 0.05) is 17.0 Å². The van der Waals surface area contributed by atoms with E-state index in [1.165, 1.54) is 23.1 Å². The molecule has 10 heteroatoms. The second kappa shape index (κ2) is 7.36. The number of carbonyl (C=O) groups is 1. The minimum atomic E-state index is -0.149. The topological polar surface area (TPSA) is 94.3 Å². The number of hydrogen-bond donors (Lipinski definition) is 1. The smallest absolute Gasteiger partial charge is 0.253 e. The molecule has 1 N–H and O–H groups in total. The van der Waals surface area contributed by atoms with E-state index >= 15 is 0 Å². The summed E-state index contributed by atoms with van der Waals surface area (Å²) in [6.45, 7) is 3.81. The molecule has 0 aliphatic rings. The number of rotatable bonds is 5. The van der Waals surface area contributed by atoms with Crippen molar-refractivity contribution in [3.63, 3.8) is 0 Å². The zero-order chi connectivity index (χ0) is 19.8. The van der Waals surface area contributed by atoms with Gasteiger partial charge in [-0.05, 0) is 38.3 Å². The van der Waals surface area contributed by atoms with Crippen LogP contribution in [-0.4, -0.2) is 43.8 Å². The van der Waals surface area contributed by atoms with Gasteiger partial charge in [-0.2, -0.15) is 4.98 Å². The number of methoxy groups -OCH3 is 1. The van der Waals surface area contributed by atoms with Crippen LogP contribution in [0.1, 0.15) is 17.0 Å². The Balaban J connectivity index is 1.58. The SMILES string of the molecule is COc1ccc2nc(NC(=O)Cc3c(C)nc4nc(SC)nn4c3C)sc2c1. The maximum atomic E-state index is 12.6. The molecule has 0 saturated heterocycles. The Labute approximate surface area is 169 Å². The summed E-state index contributed by atoms with van der Waals surface area (Å²) < 4.78 is 7.87. The molecule has 0 radical (unpaired) electrons. The molecule has 4 rings (SSSR count). The maximum Gasteiger partial charge on any atom is 0.253 e. The molecule has 144 valence electrons. The van der Waals surface area contributed by atoms with Crippen molar-refractivity contribution in [2.45, 2.75) is 25.4 Å². The van der Waals surface area contributed by atoms with E-state index in [0.717, 1.165) is 32.9 Å². The number of carbonyl (C=O) groups excluding carboxylic acids is 1. The highest BCUT2D eigenvalue weighted by Gasteiger charge is 2.17. The number of anilines is 1. The molecule has 28 heavy (non-hydrogen) atoms. The number of aryl methyl sites for hydroxylation is 2. The predicted molar refractivity (Wildman–Crippen MR) is 111 cm³/mol. The molecule has 4 aromatic rings. The highest BCUT2D eigenvalue weighted by atomic mass is 32.2. The van der Waals surface area contributed by atoms with E-state index in [0.29, 0.717) is 16.1 Å². The number of ether oxygens (including phenoxy) is 1. The van der Waals surface area contributed by atoms with Crippen LogP contribution < -0.4 is 10.1 Å². The Bertz CT molecular complexity index is 1200. The molecule has 8 nitrogen and oxygen atoms in total. The number of nitrogens with one attached hydrogen (secondary N) is 1. The van der Waals surface area contributed by atoms with Crippen molar-refractivity contribution in [1.29, 1.82) is 0 Å². The number of amides is 1. The van der Waals surface area contributed by atoms with E-state index in [4.69, 9.17) is 4.74 Å². The first-order valence-corrected chi connectivity index (χ1v) is 10.5. The molecule has 0 bridgehead atoms. The van der Waals surface area contributed by atoms with Gasteiger partial charge in [0.15, 0.2) is 5.13 Å². The molecule has 0 fully saturated rings. The Morgan fingerprint density at radius 1 is 1.29 bits per heavy atom. The molecule has 3 heterocycles. The van der Waals surface area contributed by atoms with Gasteiger partial charge < -0.3 is 10.1 Å². The minimum Gasteiger partial charge on any atom is -0.497 e. The van der Waals surface area contributed by atoms with E-state index < -0.39 is 0 Å². The van der Waals surface area contributed by atoms with Crippen LogP contribution in [0.5, 0.6) is 5.75 Å². The highest BCUT2D eigenvalue weighted by Crippen LogP contribution is 2.29.